The maximum Gasteiger partial charge on any atom is 0.321 e. The van der Waals surface area contributed by atoms with Gasteiger partial charge in [-0.25, -0.2) is 0 Å². The van der Waals surface area contributed by atoms with Gasteiger partial charge in [0.25, 0.3) is 0 Å². The zero-order valence-corrected chi connectivity index (χ0v) is 24.2. The molecule has 0 aromatic rings. The van der Waals surface area contributed by atoms with Gasteiger partial charge in [-0.2, -0.15) is 0 Å². The predicted molar refractivity (Wildman–Crippen MR) is 149 cm³/mol. The van der Waals surface area contributed by atoms with E-state index in [1.807, 2.05) is 0 Å². The number of unbranched alkanes of at least 4 members (excludes halogenated alkanes) is 7. The van der Waals surface area contributed by atoms with Gasteiger partial charge in [0.05, 0.1) is 58.8 Å². The first-order valence-electron chi connectivity index (χ1n) is 14.5. The first-order chi connectivity index (χ1) is 19.8. The molecule has 13 nitrogen and oxygen atoms in total. The Morgan fingerprint density at radius 2 is 1.12 bits per heavy atom. The number of amides is 1. The van der Waals surface area contributed by atoms with Crippen molar-refractivity contribution >= 4 is 29.9 Å². The van der Waals surface area contributed by atoms with Crippen molar-refractivity contribution in [3.05, 3.63) is 0 Å². The SMILES string of the molecule is N[C@H](C(=O)O)C(CC=O)C(=O)CCOCCOCCOCCOCCNC(=O)CCCCCCCCCCC(=O)O. The summed E-state index contributed by atoms with van der Waals surface area (Å²) in [6, 6.07) is -1.42. The third-order valence-corrected chi connectivity index (χ3v) is 6.20. The van der Waals surface area contributed by atoms with Gasteiger partial charge in [0.1, 0.15) is 18.1 Å². The molecule has 0 aromatic heterocycles. The quantitative estimate of drug-likeness (QED) is 0.0674. The first-order valence-corrected chi connectivity index (χ1v) is 14.5. The van der Waals surface area contributed by atoms with Gasteiger partial charge in [-0.3, -0.25) is 19.2 Å². The van der Waals surface area contributed by atoms with Crippen LogP contribution in [0.25, 0.3) is 0 Å². The average molecular weight is 591 g/mol. The van der Waals surface area contributed by atoms with Crippen LogP contribution in [0.2, 0.25) is 0 Å². The second-order valence-electron chi connectivity index (χ2n) is 9.61. The predicted octanol–water partition coefficient (Wildman–Crippen LogP) is 1.73. The summed E-state index contributed by atoms with van der Waals surface area (Å²) >= 11 is 0. The van der Waals surface area contributed by atoms with Crippen molar-refractivity contribution < 1.29 is 53.1 Å². The molecular formula is C28H50N2O11. The molecule has 0 aliphatic rings. The molecule has 0 radical (unpaired) electrons. The van der Waals surface area contributed by atoms with E-state index >= 15 is 0 Å². The Morgan fingerprint density at radius 3 is 1.61 bits per heavy atom. The molecule has 0 saturated carbocycles. The summed E-state index contributed by atoms with van der Waals surface area (Å²) in [5, 5.41) is 20.4. The zero-order valence-electron chi connectivity index (χ0n) is 24.2. The lowest BCUT2D eigenvalue weighted by Gasteiger charge is -2.17. The third kappa shape index (κ3) is 25.0. The minimum atomic E-state index is -1.42. The summed E-state index contributed by atoms with van der Waals surface area (Å²) < 4.78 is 21.5. The van der Waals surface area contributed by atoms with Crippen LogP contribution >= 0.6 is 0 Å². The second kappa shape index (κ2) is 27.7. The van der Waals surface area contributed by atoms with Crippen LogP contribution in [0, 0.1) is 5.92 Å². The lowest BCUT2D eigenvalue weighted by molar-refractivity contribution is -0.143. The number of hydrogen-bond acceptors (Lipinski definition) is 10. The number of aldehydes is 1. The maximum absolute atomic E-state index is 12.1. The Balaban J connectivity index is 3.41. The number of rotatable bonds is 31. The summed E-state index contributed by atoms with van der Waals surface area (Å²) in [5.41, 5.74) is 5.47. The Labute approximate surface area is 242 Å². The Hall–Kier alpha value is -2.45. The summed E-state index contributed by atoms with van der Waals surface area (Å²) in [6.07, 6.45) is 8.95. The van der Waals surface area contributed by atoms with Crippen LogP contribution in [-0.4, -0.2) is 106 Å². The van der Waals surface area contributed by atoms with E-state index in [0.29, 0.717) is 58.9 Å². The fourth-order valence-corrected chi connectivity index (χ4v) is 3.85. The molecule has 0 heterocycles. The van der Waals surface area contributed by atoms with Crippen molar-refractivity contribution in [1.82, 2.24) is 5.32 Å². The topological polar surface area (TPSA) is 201 Å². The number of carbonyl (C=O) groups excluding carboxylic acids is 3. The number of carboxylic acids is 2. The molecule has 0 saturated heterocycles. The standard InChI is InChI=1S/C28H50N2O11/c29-27(28(36)37)23(11-14-31)24(32)12-15-38-17-19-40-21-22-41-20-18-39-16-13-30-25(33)9-7-5-3-1-2-4-6-8-10-26(34)35/h14,23,27H,1-13,15-22,29H2,(H,30,33)(H,34,35)(H,36,37)/t23?,27-/m0/s1. The number of hydrogen-bond donors (Lipinski definition) is 4. The molecule has 0 rings (SSSR count). The third-order valence-electron chi connectivity index (χ3n) is 6.20. The molecule has 1 amide bonds. The molecule has 1 unspecified atom stereocenters. The number of aliphatic carboxylic acids is 2. The molecular weight excluding hydrogens is 540 g/mol. The lowest BCUT2D eigenvalue weighted by atomic mass is 9.91. The highest BCUT2D eigenvalue weighted by atomic mass is 16.6. The van der Waals surface area contributed by atoms with Crippen molar-refractivity contribution in [1.29, 1.82) is 0 Å². The fourth-order valence-electron chi connectivity index (χ4n) is 3.85. The summed E-state index contributed by atoms with van der Waals surface area (Å²) in [4.78, 5) is 56.0. The smallest absolute Gasteiger partial charge is 0.321 e. The molecule has 0 fully saturated rings. The summed E-state index contributed by atoms with van der Waals surface area (Å²) in [7, 11) is 0. The number of ketones is 1. The molecule has 0 aromatic carbocycles. The highest BCUT2D eigenvalue weighted by molar-refractivity contribution is 5.89. The Kier molecular flexibility index (Phi) is 26.1. The number of Topliss-reactive ketones (excluding diaryl/α,β-unsaturated/α-hetero) is 1. The van der Waals surface area contributed by atoms with E-state index in [-0.39, 0.29) is 38.4 Å². The second-order valence-corrected chi connectivity index (χ2v) is 9.61. The van der Waals surface area contributed by atoms with Crippen LogP contribution in [-0.2, 0) is 42.9 Å². The molecule has 2 atom stereocenters. The molecule has 0 spiro atoms. The number of ether oxygens (including phenoxy) is 4. The Morgan fingerprint density at radius 1 is 0.659 bits per heavy atom. The highest BCUT2D eigenvalue weighted by Crippen LogP contribution is 2.11. The van der Waals surface area contributed by atoms with E-state index < -0.39 is 29.7 Å². The van der Waals surface area contributed by atoms with E-state index in [2.05, 4.69) is 5.32 Å². The minimum absolute atomic E-state index is 0.0238. The van der Waals surface area contributed by atoms with E-state index in [1.54, 1.807) is 0 Å². The first kappa shape index (κ1) is 38.5. The van der Waals surface area contributed by atoms with Gasteiger partial charge in [-0.1, -0.05) is 38.5 Å². The van der Waals surface area contributed by atoms with Gasteiger partial charge < -0.3 is 45.0 Å². The maximum atomic E-state index is 12.1. The van der Waals surface area contributed by atoms with E-state index in [4.69, 9.17) is 34.9 Å². The number of carbonyl (C=O) groups is 5. The molecule has 0 aliphatic carbocycles. The van der Waals surface area contributed by atoms with E-state index in [0.717, 1.165) is 51.4 Å². The number of nitrogens with two attached hydrogens (primary N) is 1. The monoisotopic (exact) mass is 590 g/mol. The largest absolute Gasteiger partial charge is 0.481 e. The molecule has 238 valence electrons. The molecule has 0 bridgehead atoms. The summed E-state index contributed by atoms with van der Waals surface area (Å²) in [6.45, 7) is 3.04. The van der Waals surface area contributed by atoms with Gasteiger partial charge in [-0.05, 0) is 12.8 Å². The lowest BCUT2D eigenvalue weighted by Crippen LogP contribution is -2.42. The van der Waals surface area contributed by atoms with Crippen molar-refractivity contribution in [2.45, 2.75) is 83.1 Å². The van der Waals surface area contributed by atoms with Gasteiger partial charge in [0.15, 0.2) is 0 Å². The van der Waals surface area contributed by atoms with Crippen LogP contribution in [0.1, 0.15) is 77.0 Å². The summed E-state index contributed by atoms with van der Waals surface area (Å²) in [5.74, 6) is -3.52. The van der Waals surface area contributed by atoms with Crippen LogP contribution in [0.5, 0.6) is 0 Å². The Bertz CT molecular complexity index is 721. The highest BCUT2D eigenvalue weighted by Gasteiger charge is 2.29. The van der Waals surface area contributed by atoms with Crippen LogP contribution in [0.15, 0.2) is 0 Å². The minimum Gasteiger partial charge on any atom is -0.481 e. The van der Waals surface area contributed by atoms with Crippen LogP contribution < -0.4 is 11.1 Å². The number of carboxylic acid groups (broad SMARTS) is 2. The van der Waals surface area contributed by atoms with Crippen molar-refractivity contribution in [2.24, 2.45) is 11.7 Å². The number of nitrogens with one attached hydrogen (secondary N) is 1. The van der Waals surface area contributed by atoms with Gasteiger partial charge in [0, 0.05) is 32.2 Å². The molecule has 41 heavy (non-hydrogen) atoms. The van der Waals surface area contributed by atoms with Crippen molar-refractivity contribution in [3.63, 3.8) is 0 Å². The van der Waals surface area contributed by atoms with Gasteiger partial charge in [-0.15, -0.1) is 0 Å². The fraction of sp³-hybridized carbons (Fsp3) is 0.821. The van der Waals surface area contributed by atoms with Crippen LogP contribution in [0.3, 0.4) is 0 Å². The normalized spacial score (nSPS) is 12.5. The van der Waals surface area contributed by atoms with Crippen LogP contribution in [0.4, 0.5) is 0 Å². The van der Waals surface area contributed by atoms with Gasteiger partial charge >= 0.3 is 11.9 Å². The molecule has 0 aliphatic heterocycles. The van der Waals surface area contributed by atoms with Gasteiger partial charge in [0.2, 0.25) is 5.91 Å². The van der Waals surface area contributed by atoms with E-state index in [9.17, 15) is 24.0 Å². The zero-order chi connectivity index (χ0) is 30.6. The molecule has 5 N–H and O–H groups in total. The van der Waals surface area contributed by atoms with E-state index in [1.165, 1.54) is 0 Å². The van der Waals surface area contributed by atoms with Crippen molar-refractivity contribution in [3.8, 4) is 0 Å². The van der Waals surface area contributed by atoms with Crippen molar-refractivity contribution in [2.75, 3.05) is 59.4 Å². The molecule has 13 heteroatoms. The average Bonchev–Trinajstić information content (AvgIpc) is 2.94.